The number of carbonyl (C=O) groups excluding carboxylic acids is 6. The molecule has 2 fully saturated rings. The summed E-state index contributed by atoms with van der Waals surface area (Å²) in [7, 11) is -1.00. The van der Waals surface area contributed by atoms with Crippen molar-refractivity contribution in [3.8, 4) is 0 Å². The van der Waals surface area contributed by atoms with Crippen molar-refractivity contribution in [2.45, 2.75) is 217 Å². The van der Waals surface area contributed by atoms with Crippen LogP contribution in [0.15, 0.2) is 46.2 Å². The zero-order chi connectivity index (χ0) is 53.2. The van der Waals surface area contributed by atoms with Crippen LogP contribution in [0.25, 0.3) is 0 Å². The predicted octanol–water partition coefficient (Wildman–Crippen LogP) is 11.3. The normalized spacial score (nSPS) is 17.7. The number of nitrogens with zero attached hydrogens (tertiary/aromatic N) is 3. The first-order chi connectivity index (χ1) is 34.4. The van der Waals surface area contributed by atoms with E-state index in [2.05, 4.69) is 104 Å². The number of rotatable bonds is 25. The van der Waals surface area contributed by atoms with Crippen LogP contribution >= 0.6 is 39.5 Å². The minimum absolute atomic E-state index is 0.0968. The maximum atomic E-state index is 12.9. The molecule has 2 saturated heterocycles. The molecule has 0 radical (unpaired) electrons. The molecule has 4 aliphatic rings. The van der Waals surface area contributed by atoms with Crippen molar-refractivity contribution in [1.29, 1.82) is 0 Å². The van der Waals surface area contributed by atoms with Gasteiger partial charge in [0.05, 0.1) is 8.52 Å². The summed E-state index contributed by atoms with van der Waals surface area (Å²) >= 11 is 7.09. The molecule has 4 aliphatic heterocycles. The molecule has 0 aliphatic carbocycles. The Balaban J connectivity index is 0.000000324. The molecule has 4 heterocycles. The minimum atomic E-state index is -1.00. The van der Waals surface area contributed by atoms with Crippen LogP contribution in [-0.4, -0.2) is 117 Å². The minimum Gasteiger partial charge on any atom is -0.322 e. The summed E-state index contributed by atoms with van der Waals surface area (Å²) in [5, 5.41) is 9.12. The monoisotopic (exact) mass is 1090 g/mol. The molecule has 0 bridgehead atoms. The van der Waals surface area contributed by atoms with E-state index in [1.165, 1.54) is 83.6 Å². The van der Waals surface area contributed by atoms with E-state index in [9.17, 15) is 33.2 Å². The molecule has 0 aromatic heterocycles. The lowest BCUT2D eigenvalue weighted by Crippen LogP contribution is -2.52. The summed E-state index contributed by atoms with van der Waals surface area (Å²) in [6.45, 7) is 19.8. The number of amides is 6. The molecule has 2 atom stereocenters. The maximum absolute atomic E-state index is 12.9. The SMILES string of the molecule is CC(C)N(CCCCCCCCSc1cccc2c1CN(C1CCC(=O)NC1=O)C2=O)C(C)C.CC(C)NC(C)C.O=C1CCC(N2Cc3c(SCCCCCCCCBr)cccc3C2=O)C(=O)N1.[2H]CF. The van der Waals surface area contributed by atoms with E-state index in [0.717, 1.165) is 37.8 Å². The molecule has 2 aromatic carbocycles. The number of fused-ring (bicyclic) bond motifs is 2. The van der Waals surface area contributed by atoms with Gasteiger partial charge in [0.25, 0.3) is 11.8 Å². The van der Waals surface area contributed by atoms with Crippen molar-refractivity contribution in [2.24, 2.45) is 0 Å². The second-order valence-electron chi connectivity index (χ2n) is 19.9. The van der Waals surface area contributed by atoms with Gasteiger partial charge in [-0.3, -0.25) is 48.7 Å². The third kappa shape index (κ3) is 20.5. The standard InChI is InChI=1S/C27H41N3O3S.C21H27BrN2O3S.C6H15N.CH3F/c1-19(2)29(20(3)4)16-9-7-5-6-8-10-17-34-24-13-11-12-21-22(24)18-30(27(21)33)23-14-15-25(31)28-26(23)32;22-12-5-3-1-2-4-6-13-28-18-9-7-8-15-16(18)14-24(21(15)27)17-10-11-19(25)23-20(17)26;1-5(2)7-6(3)4;1-2/h11-13,19-20,23H,5-10,14-18H2,1-4H3,(H,28,31,32);7-9,17H,1-6,10-14H2,(H,23,25,26);5-7H,1-4H3;1H3/i;;;1D. The first-order valence-corrected chi connectivity index (χ1v) is 29.3. The van der Waals surface area contributed by atoms with Gasteiger partial charge in [-0.2, -0.15) is 0 Å². The number of hydrogen-bond acceptors (Lipinski definition) is 10. The number of halogens is 2. The van der Waals surface area contributed by atoms with Crippen LogP contribution in [0.1, 0.15) is 191 Å². The lowest BCUT2D eigenvalue weighted by molar-refractivity contribution is -0.138. The van der Waals surface area contributed by atoms with Gasteiger partial charge in [0.1, 0.15) is 12.1 Å². The Morgan fingerprint density at radius 2 is 1.01 bits per heavy atom. The summed E-state index contributed by atoms with van der Waals surface area (Å²) in [5.41, 5.74) is 3.46. The van der Waals surface area contributed by atoms with Crippen LogP contribution in [0.4, 0.5) is 4.39 Å². The second kappa shape index (κ2) is 33.5. The first kappa shape index (κ1) is 60.2. The molecule has 0 spiro atoms. The Morgan fingerprint density at radius 3 is 1.37 bits per heavy atom. The van der Waals surface area contributed by atoms with Crippen LogP contribution in [0.3, 0.4) is 0 Å². The second-order valence-corrected chi connectivity index (χ2v) is 23.0. The molecule has 12 nitrogen and oxygen atoms in total. The van der Waals surface area contributed by atoms with Gasteiger partial charge in [0.2, 0.25) is 23.6 Å². The van der Waals surface area contributed by atoms with Crippen molar-refractivity contribution < 1.29 is 34.5 Å². The average molecular weight is 1090 g/mol. The number of benzene rings is 2. The Hall–Kier alpha value is -3.31. The highest BCUT2D eigenvalue weighted by molar-refractivity contribution is 9.09. The zero-order valence-electron chi connectivity index (χ0n) is 45.1. The van der Waals surface area contributed by atoms with Crippen molar-refractivity contribution in [3.05, 3.63) is 58.7 Å². The van der Waals surface area contributed by atoms with Gasteiger partial charge in [0, 0.05) is 76.3 Å². The molecule has 3 N–H and O–H groups in total. The smallest absolute Gasteiger partial charge is 0.255 e. The number of carbonyl (C=O) groups is 6. The van der Waals surface area contributed by atoms with Crippen LogP contribution in [0.5, 0.6) is 0 Å². The highest BCUT2D eigenvalue weighted by atomic mass is 79.9. The third-order valence-electron chi connectivity index (χ3n) is 12.9. The molecule has 6 amide bonds. The number of piperidine rings is 2. The summed E-state index contributed by atoms with van der Waals surface area (Å²) < 4.78 is 15.5. The summed E-state index contributed by atoms with van der Waals surface area (Å²) in [4.78, 5) is 81.2. The van der Waals surface area contributed by atoms with Gasteiger partial charge < -0.3 is 15.1 Å². The molecule has 16 heteroatoms. The fourth-order valence-corrected chi connectivity index (χ4v) is 12.1. The van der Waals surface area contributed by atoms with E-state index >= 15 is 0 Å². The molecule has 71 heavy (non-hydrogen) atoms. The first-order valence-electron chi connectivity index (χ1n) is 26.9. The largest absolute Gasteiger partial charge is 0.322 e. The summed E-state index contributed by atoms with van der Waals surface area (Å²) in [6.07, 6.45) is 16.5. The molecule has 6 rings (SSSR count). The number of nitrogens with one attached hydrogen (secondary N) is 3. The Morgan fingerprint density at radius 1 is 0.634 bits per heavy atom. The fourth-order valence-electron chi connectivity index (χ4n) is 9.54. The van der Waals surface area contributed by atoms with E-state index in [1.54, 1.807) is 21.6 Å². The Kier molecular flexibility index (Phi) is 28.4. The fraction of sp³-hybridized carbons (Fsp3) is 0.673. The van der Waals surface area contributed by atoms with Crippen LogP contribution < -0.4 is 16.0 Å². The van der Waals surface area contributed by atoms with Crippen LogP contribution in [-0.2, 0) is 32.3 Å². The van der Waals surface area contributed by atoms with Crippen LogP contribution in [0, 0.1) is 0 Å². The highest BCUT2D eigenvalue weighted by Gasteiger charge is 2.41. The zero-order valence-corrected chi connectivity index (χ0v) is 47.3. The topological polar surface area (TPSA) is 148 Å². The lowest BCUT2D eigenvalue weighted by Gasteiger charge is -2.30. The highest BCUT2D eigenvalue weighted by Crippen LogP contribution is 2.36. The van der Waals surface area contributed by atoms with Crippen molar-refractivity contribution in [1.82, 2.24) is 30.7 Å². The van der Waals surface area contributed by atoms with E-state index < -0.39 is 19.2 Å². The molecule has 0 saturated carbocycles. The number of alkyl halides is 2. The van der Waals surface area contributed by atoms with E-state index in [-0.39, 0.29) is 48.3 Å². The van der Waals surface area contributed by atoms with Crippen LogP contribution in [0.2, 0.25) is 0 Å². The van der Waals surface area contributed by atoms with Gasteiger partial charge in [0.15, 0.2) is 0 Å². The molecule has 398 valence electrons. The van der Waals surface area contributed by atoms with Gasteiger partial charge in [-0.15, -0.1) is 23.5 Å². The summed E-state index contributed by atoms with van der Waals surface area (Å²) in [5.74, 6) is 0.668. The number of imide groups is 2. The van der Waals surface area contributed by atoms with Gasteiger partial charge in [-0.05, 0) is 120 Å². The molecular formula is C55H86BrFN6O6S2. The molecule has 2 aromatic rings. The average Bonchev–Trinajstić information content (AvgIpc) is 3.84. The molecular weight excluding hydrogens is 1000 g/mol. The Bertz CT molecular complexity index is 2020. The van der Waals surface area contributed by atoms with Crippen molar-refractivity contribution in [3.63, 3.8) is 0 Å². The van der Waals surface area contributed by atoms with Gasteiger partial charge >= 0.3 is 0 Å². The Labute approximate surface area is 444 Å². The van der Waals surface area contributed by atoms with Crippen molar-refractivity contribution >= 4 is 74.9 Å². The van der Waals surface area contributed by atoms with Crippen molar-refractivity contribution in [2.75, 3.05) is 30.5 Å². The van der Waals surface area contributed by atoms with Gasteiger partial charge in [-0.25, -0.2) is 0 Å². The summed E-state index contributed by atoms with van der Waals surface area (Å²) in [6, 6.07) is 13.1. The lowest BCUT2D eigenvalue weighted by atomic mass is 10.0. The van der Waals surface area contributed by atoms with E-state index in [0.29, 0.717) is 61.2 Å². The van der Waals surface area contributed by atoms with E-state index in [4.69, 9.17) is 1.37 Å². The molecule has 2 unspecified atom stereocenters. The maximum Gasteiger partial charge on any atom is 0.255 e. The quantitative estimate of drug-likeness (QED) is 0.0380. The van der Waals surface area contributed by atoms with Gasteiger partial charge in [-0.1, -0.05) is 107 Å². The third-order valence-corrected chi connectivity index (χ3v) is 15.9. The number of unbranched alkanes of at least 4 members (excludes halogenated alkanes) is 10. The predicted molar refractivity (Wildman–Crippen MR) is 293 cm³/mol. The number of hydrogen-bond donors (Lipinski definition) is 3. The van der Waals surface area contributed by atoms with E-state index in [1.807, 2.05) is 36.0 Å². The number of thioether (sulfide) groups is 2.